The minimum atomic E-state index is 0.416. The highest BCUT2D eigenvalue weighted by molar-refractivity contribution is 6.29. The summed E-state index contributed by atoms with van der Waals surface area (Å²) in [5, 5.41) is 4.51. The van der Waals surface area contributed by atoms with Gasteiger partial charge in [0, 0.05) is 24.4 Å². The first-order valence-electron chi connectivity index (χ1n) is 4.40. The molecule has 0 aliphatic rings. The van der Waals surface area contributed by atoms with Crippen molar-refractivity contribution in [3.05, 3.63) is 29.7 Å². The molecule has 0 radical (unpaired) electrons. The maximum atomic E-state index is 5.78. The molecule has 0 atom stereocenters. The summed E-state index contributed by atoms with van der Waals surface area (Å²) in [5.41, 5.74) is 1.84. The number of hydrogen-bond acceptors (Lipinski definition) is 3. The Balaban J connectivity index is 2.52. The zero-order chi connectivity index (χ0) is 10.8. The van der Waals surface area contributed by atoms with E-state index in [0.29, 0.717) is 11.0 Å². The van der Waals surface area contributed by atoms with Crippen LogP contribution >= 0.6 is 11.6 Å². The van der Waals surface area contributed by atoms with Gasteiger partial charge in [-0.25, -0.2) is 4.98 Å². The highest BCUT2D eigenvalue weighted by atomic mass is 35.5. The molecular weight excluding hydrogens is 214 g/mol. The number of nitrogens with zero attached hydrogens (tertiary/aromatic N) is 3. The summed E-state index contributed by atoms with van der Waals surface area (Å²) in [6, 6.07) is 3.59. The highest BCUT2D eigenvalue weighted by Gasteiger charge is 2.09. The highest BCUT2D eigenvalue weighted by Crippen LogP contribution is 2.28. The summed E-state index contributed by atoms with van der Waals surface area (Å²) < 4.78 is 6.88. The van der Waals surface area contributed by atoms with E-state index in [0.717, 1.165) is 11.1 Å². The molecule has 0 spiro atoms. The van der Waals surface area contributed by atoms with Crippen molar-refractivity contribution in [3.8, 4) is 17.0 Å². The molecule has 0 fully saturated rings. The zero-order valence-corrected chi connectivity index (χ0v) is 9.19. The monoisotopic (exact) mass is 223 g/mol. The minimum absolute atomic E-state index is 0.416. The molecule has 78 valence electrons. The van der Waals surface area contributed by atoms with Crippen LogP contribution in [0.3, 0.4) is 0 Å². The maximum Gasteiger partial charge on any atom is 0.222 e. The number of aryl methyl sites for hydroxylation is 1. The standard InChI is InChI=1S/C10H10ClN3O/c1-14-6-7(5-12-14)8-3-4-9(11)13-10(8)15-2/h3-6H,1-2H3. The van der Waals surface area contributed by atoms with Gasteiger partial charge in [-0.15, -0.1) is 0 Å². The first kappa shape index (κ1) is 9.98. The molecule has 0 aliphatic carbocycles. The lowest BCUT2D eigenvalue weighted by molar-refractivity contribution is 0.400. The van der Waals surface area contributed by atoms with Crippen molar-refractivity contribution in [3.63, 3.8) is 0 Å². The number of aromatic nitrogens is 3. The van der Waals surface area contributed by atoms with Gasteiger partial charge in [0.1, 0.15) is 5.15 Å². The molecule has 0 aliphatic heterocycles. The molecule has 2 aromatic heterocycles. The van der Waals surface area contributed by atoms with Crippen LogP contribution in [0.4, 0.5) is 0 Å². The number of pyridine rings is 1. The average Bonchev–Trinajstić information content (AvgIpc) is 2.64. The second kappa shape index (κ2) is 3.90. The molecule has 5 heteroatoms. The molecule has 4 nitrogen and oxygen atoms in total. The number of methoxy groups -OCH3 is 1. The molecule has 2 rings (SSSR count). The first-order valence-corrected chi connectivity index (χ1v) is 4.78. The Morgan fingerprint density at radius 1 is 1.40 bits per heavy atom. The van der Waals surface area contributed by atoms with Crippen LogP contribution in [0.2, 0.25) is 5.15 Å². The van der Waals surface area contributed by atoms with Crippen LogP contribution in [-0.4, -0.2) is 21.9 Å². The fourth-order valence-electron chi connectivity index (χ4n) is 1.35. The van der Waals surface area contributed by atoms with E-state index >= 15 is 0 Å². The molecule has 0 saturated heterocycles. The average molecular weight is 224 g/mol. The number of rotatable bonds is 2. The lowest BCUT2D eigenvalue weighted by Crippen LogP contribution is -1.91. The van der Waals surface area contributed by atoms with Crippen LogP contribution in [0.5, 0.6) is 5.88 Å². The van der Waals surface area contributed by atoms with Crippen LogP contribution in [0.1, 0.15) is 0 Å². The Morgan fingerprint density at radius 2 is 2.20 bits per heavy atom. The van der Waals surface area contributed by atoms with Gasteiger partial charge in [-0.3, -0.25) is 4.68 Å². The lowest BCUT2D eigenvalue weighted by Gasteiger charge is -2.04. The van der Waals surface area contributed by atoms with Gasteiger partial charge in [-0.05, 0) is 12.1 Å². The Labute approximate surface area is 92.5 Å². The number of halogens is 1. The molecule has 2 heterocycles. The summed E-state index contributed by atoms with van der Waals surface area (Å²) in [5.74, 6) is 0.510. The van der Waals surface area contributed by atoms with Crippen molar-refractivity contribution < 1.29 is 4.74 Å². The molecule has 0 bridgehead atoms. The van der Waals surface area contributed by atoms with Gasteiger partial charge in [-0.1, -0.05) is 11.6 Å². The molecule has 0 amide bonds. The number of ether oxygens (including phenoxy) is 1. The third-order valence-electron chi connectivity index (χ3n) is 2.04. The van der Waals surface area contributed by atoms with Gasteiger partial charge in [0.2, 0.25) is 5.88 Å². The molecule has 0 unspecified atom stereocenters. The van der Waals surface area contributed by atoms with Crippen LogP contribution < -0.4 is 4.74 Å². The van der Waals surface area contributed by atoms with Crippen molar-refractivity contribution >= 4 is 11.6 Å². The molecule has 0 saturated carbocycles. The predicted octanol–water partition coefficient (Wildman–Crippen LogP) is 2.14. The quantitative estimate of drug-likeness (QED) is 0.733. The summed E-state index contributed by atoms with van der Waals surface area (Å²) in [7, 11) is 3.43. The SMILES string of the molecule is COc1nc(Cl)ccc1-c1cnn(C)c1. The van der Waals surface area contributed by atoms with E-state index in [1.54, 1.807) is 24.1 Å². The van der Waals surface area contributed by atoms with Crippen LogP contribution in [0.15, 0.2) is 24.5 Å². The first-order chi connectivity index (χ1) is 7.20. The summed E-state index contributed by atoms with van der Waals surface area (Å²) in [6.45, 7) is 0. The lowest BCUT2D eigenvalue weighted by atomic mass is 10.1. The normalized spacial score (nSPS) is 10.3. The van der Waals surface area contributed by atoms with Gasteiger partial charge < -0.3 is 4.74 Å². The Bertz CT molecular complexity index is 481. The van der Waals surface area contributed by atoms with E-state index in [9.17, 15) is 0 Å². The van der Waals surface area contributed by atoms with E-state index in [-0.39, 0.29) is 0 Å². The second-order valence-electron chi connectivity index (χ2n) is 3.09. The van der Waals surface area contributed by atoms with E-state index < -0.39 is 0 Å². The largest absolute Gasteiger partial charge is 0.481 e. The maximum absolute atomic E-state index is 5.78. The van der Waals surface area contributed by atoms with E-state index in [4.69, 9.17) is 16.3 Å². The van der Waals surface area contributed by atoms with E-state index in [1.165, 1.54) is 0 Å². The Hall–Kier alpha value is -1.55. The topological polar surface area (TPSA) is 39.9 Å². The molecule has 0 N–H and O–H groups in total. The predicted molar refractivity (Wildman–Crippen MR) is 58.0 cm³/mol. The third kappa shape index (κ3) is 1.94. The van der Waals surface area contributed by atoms with E-state index in [2.05, 4.69) is 10.1 Å². The zero-order valence-electron chi connectivity index (χ0n) is 8.44. The minimum Gasteiger partial charge on any atom is -0.481 e. The van der Waals surface area contributed by atoms with Crippen LogP contribution in [0.25, 0.3) is 11.1 Å². The van der Waals surface area contributed by atoms with Crippen molar-refractivity contribution in [1.82, 2.24) is 14.8 Å². The van der Waals surface area contributed by atoms with Crippen LogP contribution in [-0.2, 0) is 7.05 Å². The van der Waals surface area contributed by atoms with Crippen LogP contribution in [0, 0.1) is 0 Å². The number of hydrogen-bond donors (Lipinski definition) is 0. The van der Waals surface area contributed by atoms with Crippen molar-refractivity contribution in [2.75, 3.05) is 7.11 Å². The van der Waals surface area contributed by atoms with Gasteiger partial charge in [0.05, 0.1) is 13.3 Å². The van der Waals surface area contributed by atoms with Gasteiger partial charge in [0.15, 0.2) is 0 Å². The van der Waals surface area contributed by atoms with Gasteiger partial charge in [0.25, 0.3) is 0 Å². The molecule has 2 aromatic rings. The van der Waals surface area contributed by atoms with Crippen molar-refractivity contribution in [2.24, 2.45) is 7.05 Å². The van der Waals surface area contributed by atoms with Gasteiger partial charge >= 0.3 is 0 Å². The Kier molecular flexibility index (Phi) is 2.60. The summed E-state index contributed by atoms with van der Waals surface area (Å²) in [6.07, 6.45) is 3.65. The Morgan fingerprint density at radius 3 is 2.80 bits per heavy atom. The summed E-state index contributed by atoms with van der Waals surface area (Å²) >= 11 is 5.78. The van der Waals surface area contributed by atoms with E-state index in [1.807, 2.05) is 19.3 Å². The second-order valence-corrected chi connectivity index (χ2v) is 3.48. The van der Waals surface area contributed by atoms with Gasteiger partial charge in [-0.2, -0.15) is 5.10 Å². The fraction of sp³-hybridized carbons (Fsp3) is 0.200. The smallest absolute Gasteiger partial charge is 0.222 e. The third-order valence-corrected chi connectivity index (χ3v) is 2.25. The fourth-order valence-corrected chi connectivity index (χ4v) is 1.49. The van der Waals surface area contributed by atoms with Crippen molar-refractivity contribution in [1.29, 1.82) is 0 Å². The molecule has 15 heavy (non-hydrogen) atoms. The summed E-state index contributed by atoms with van der Waals surface area (Å²) in [4.78, 5) is 4.08. The molecular formula is C10H10ClN3O. The molecule has 0 aromatic carbocycles. The van der Waals surface area contributed by atoms with Crippen molar-refractivity contribution in [2.45, 2.75) is 0 Å².